The van der Waals surface area contributed by atoms with Gasteiger partial charge >= 0.3 is 0 Å². The summed E-state index contributed by atoms with van der Waals surface area (Å²) in [6.07, 6.45) is 6.31. The fraction of sp³-hybridized carbons (Fsp3) is 0.167. The Kier molecular flexibility index (Phi) is 6.47. The zero-order valence-corrected chi connectivity index (χ0v) is 18.6. The van der Waals surface area contributed by atoms with Gasteiger partial charge in [0.25, 0.3) is 0 Å². The largest absolute Gasteiger partial charge is 0.348 e. The number of aromatic nitrogens is 5. The number of nitrogens with one attached hydrogen (secondary N) is 1. The monoisotopic (exact) mass is 446 g/mol. The van der Waals surface area contributed by atoms with Crippen molar-refractivity contribution in [3.8, 4) is 5.69 Å². The van der Waals surface area contributed by atoms with E-state index in [2.05, 4.69) is 51.7 Å². The van der Waals surface area contributed by atoms with Crippen molar-refractivity contribution in [2.45, 2.75) is 26.9 Å². The predicted octanol–water partition coefficient (Wildman–Crippen LogP) is 4.11. The van der Waals surface area contributed by atoms with Crippen LogP contribution in [0.3, 0.4) is 0 Å². The number of benzene rings is 2. The van der Waals surface area contributed by atoms with Crippen LogP contribution in [0.4, 0.5) is 0 Å². The fourth-order valence-electron chi connectivity index (χ4n) is 3.24. The second kappa shape index (κ2) is 9.62. The molecule has 0 fully saturated rings. The summed E-state index contributed by atoms with van der Waals surface area (Å²) in [5, 5.41) is 12.0. The second-order valence-corrected chi connectivity index (χ2v) is 7.85. The van der Waals surface area contributed by atoms with Crippen molar-refractivity contribution >= 4 is 23.6 Å². The minimum Gasteiger partial charge on any atom is -0.348 e. The average molecular weight is 447 g/mol. The molecule has 8 heteroatoms. The lowest BCUT2D eigenvalue weighted by atomic mass is 10.1. The number of halogens is 1. The molecule has 0 aliphatic heterocycles. The Morgan fingerprint density at radius 2 is 1.78 bits per heavy atom. The lowest BCUT2D eigenvalue weighted by molar-refractivity contribution is -0.116. The molecule has 0 radical (unpaired) electrons. The molecule has 0 bridgehead atoms. The summed E-state index contributed by atoms with van der Waals surface area (Å²) < 4.78 is 3.42. The lowest BCUT2D eigenvalue weighted by Crippen LogP contribution is -2.20. The van der Waals surface area contributed by atoms with Crippen LogP contribution in [-0.2, 0) is 17.9 Å². The molecule has 0 saturated carbocycles. The van der Waals surface area contributed by atoms with Gasteiger partial charge in [-0.1, -0.05) is 53.6 Å². The standard InChI is InChI=1S/C24H23ClN6O/c1-17-3-5-20(6-4-17)14-30-24(25)22(18(2)29-30)11-12-23(32)27-13-19-7-9-21(10-8-19)31-16-26-15-28-31/h3-12,15-16H,13-14H2,1-2H3,(H,27,32). The molecule has 32 heavy (non-hydrogen) atoms. The summed E-state index contributed by atoms with van der Waals surface area (Å²) in [6, 6.07) is 16.0. The topological polar surface area (TPSA) is 77.6 Å². The summed E-state index contributed by atoms with van der Waals surface area (Å²) in [4.78, 5) is 16.2. The van der Waals surface area contributed by atoms with Gasteiger partial charge in [0.1, 0.15) is 17.8 Å². The van der Waals surface area contributed by atoms with Gasteiger partial charge < -0.3 is 5.32 Å². The Labute approximate surface area is 191 Å². The Hall–Kier alpha value is -3.71. The highest BCUT2D eigenvalue weighted by Gasteiger charge is 2.12. The minimum absolute atomic E-state index is 0.202. The third-order valence-corrected chi connectivity index (χ3v) is 5.45. The Balaban J connectivity index is 1.36. The Morgan fingerprint density at radius 1 is 1.06 bits per heavy atom. The lowest BCUT2D eigenvalue weighted by Gasteiger charge is -2.05. The highest BCUT2D eigenvalue weighted by atomic mass is 35.5. The number of nitrogens with zero attached hydrogens (tertiary/aromatic N) is 5. The molecule has 4 rings (SSSR count). The number of amides is 1. The van der Waals surface area contributed by atoms with E-state index in [1.54, 1.807) is 21.8 Å². The number of aryl methyl sites for hydroxylation is 2. The summed E-state index contributed by atoms with van der Waals surface area (Å²) >= 11 is 6.53. The molecule has 162 valence electrons. The first-order valence-electron chi connectivity index (χ1n) is 10.2. The smallest absolute Gasteiger partial charge is 0.244 e. The molecule has 4 aromatic rings. The molecule has 0 unspecified atom stereocenters. The van der Waals surface area contributed by atoms with Crippen LogP contribution in [-0.4, -0.2) is 30.5 Å². The molecule has 0 spiro atoms. The number of carbonyl (C=O) groups excluding carboxylic acids is 1. The molecular weight excluding hydrogens is 424 g/mol. The maximum Gasteiger partial charge on any atom is 0.244 e. The first kappa shape index (κ1) is 21.5. The maximum atomic E-state index is 12.3. The molecular formula is C24H23ClN6O. The number of hydrogen-bond donors (Lipinski definition) is 1. The number of hydrogen-bond acceptors (Lipinski definition) is 4. The number of rotatable bonds is 7. The predicted molar refractivity (Wildman–Crippen MR) is 124 cm³/mol. The van der Waals surface area contributed by atoms with Crippen molar-refractivity contribution in [3.05, 3.63) is 100 Å². The van der Waals surface area contributed by atoms with Gasteiger partial charge in [0.15, 0.2) is 0 Å². The van der Waals surface area contributed by atoms with Crippen LogP contribution in [0.1, 0.15) is 27.9 Å². The molecule has 0 saturated heterocycles. The Morgan fingerprint density at radius 3 is 2.47 bits per heavy atom. The third kappa shape index (κ3) is 5.12. The van der Waals surface area contributed by atoms with Crippen LogP contribution in [0.5, 0.6) is 0 Å². The van der Waals surface area contributed by atoms with Crippen LogP contribution in [0.25, 0.3) is 11.8 Å². The summed E-state index contributed by atoms with van der Waals surface area (Å²) in [5.41, 5.74) is 5.72. The molecule has 1 amide bonds. The molecule has 7 nitrogen and oxygen atoms in total. The maximum absolute atomic E-state index is 12.3. The van der Waals surface area contributed by atoms with E-state index in [9.17, 15) is 4.79 Å². The molecule has 0 atom stereocenters. The highest BCUT2D eigenvalue weighted by molar-refractivity contribution is 6.31. The van der Waals surface area contributed by atoms with E-state index in [0.717, 1.165) is 28.1 Å². The molecule has 2 aromatic heterocycles. The van der Waals surface area contributed by atoms with Crippen LogP contribution in [0.15, 0.2) is 67.3 Å². The fourth-order valence-corrected chi connectivity index (χ4v) is 3.54. The van der Waals surface area contributed by atoms with Gasteiger partial charge in [-0.05, 0) is 43.2 Å². The van der Waals surface area contributed by atoms with Crippen LogP contribution >= 0.6 is 11.6 Å². The van der Waals surface area contributed by atoms with Gasteiger partial charge in [-0.3, -0.25) is 4.79 Å². The van der Waals surface area contributed by atoms with E-state index in [0.29, 0.717) is 18.2 Å². The van der Waals surface area contributed by atoms with Crippen molar-refractivity contribution in [1.29, 1.82) is 0 Å². The van der Waals surface area contributed by atoms with Crippen molar-refractivity contribution in [3.63, 3.8) is 0 Å². The van der Waals surface area contributed by atoms with Gasteiger partial charge in [-0.25, -0.2) is 14.3 Å². The second-order valence-electron chi connectivity index (χ2n) is 7.49. The minimum atomic E-state index is -0.202. The number of carbonyl (C=O) groups is 1. The van der Waals surface area contributed by atoms with Gasteiger partial charge in [0, 0.05) is 18.2 Å². The summed E-state index contributed by atoms with van der Waals surface area (Å²) in [7, 11) is 0. The van der Waals surface area contributed by atoms with E-state index in [4.69, 9.17) is 11.6 Å². The van der Waals surface area contributed by atoms with Crippen LogP contribution < -0.4 is 5.32 Å². The van der Waals surface area contributed by atoms with E-state index in [1.165, 1.54) is 18.0 Å². The van der Waals surface area contributed by atoms with Crippen molar-refractivity contribution in [2.24, 2.45) is 0 Å². The van der Waals surface area contributed by atoms with Crippen molar-refractivity contribution < 1.29 is 4.79 Å². The average Bonchev–Trinajstić information content (AvgIpc) is 3.42. The molecule has 2 heterocycles. The molecule has 0 aliphatic carbocycles. The molecule has 0 aliphatic rings. The van der Waals surface area contributed by atoms with Crippen molar-refractivity contribution in [2.75, 3.05) is 0 Å². The van der Waals surface area contributed by atoms with Crippen LogP contribution in [0.2, 0.25) is 5.15 Å². The normalized spacial score (nSPS) is 11.2. The quantitative estimate of drug-likeness (QED) is 0.433. The van der Waals surface area contributed by atoms with E-state index >= 15 is 0 Å². The molecule has 1 N–H and O–H groups in total. The molecule has 2 aromatic carbocycles. The van der Waals surface area contributed by atoms with E-state index < -0.39 is 0 Å². The summed E-state index contributed by atoms with van der Waals surface area (Å²) in [6.45, 7) is 4.92. The zero-order valence-electron chi connectivity index (χ0n) is 17.9. The van der Waals surface area contributed by atoms with E-state index in [1.807, 2.05) is 31.2 Å². The zero-order chi connectivity index (χ0) is 22.5. The summed E-state index contributed by atoms with van der Waals surface area (Å²) in [5.74, 6) is -0.202. The SMILES string of the molecule is Cc1ccc(Cn2nc(C)c(C=CC(=O)NCc3ccc(-n4cncn4)cc3)c2Cl)cc1. The van der Waals surface area contributed by atoms with Gasteiger partial charge in [-0.15, -0.1) is 0 Å². The van der Waals surface area contributed by atoms with Crippen molar-refractivity contribution in [1.82, 2.24) is 29.9 Å². The van der Waals surface area contributed by atoms with Crippen LogP contribution in [0, 0.1) is 13.8 Å². The Bertz CT molecular complexity index is 1220. The highest BCUT2D eigenvalue weighted by Crippen LogP contribution is 2.22. The van der Waals surface area contributed by atoms with Gasteiger partial charge in [0.05, 0.1) is 17.9 Å². The third-order valence-electron chi connectivity index (χ3n) is 5.05. The van der Waals surface area contributed by atoms with Gasteiger partial charge in [-0.2, -0.15) is 10.2 Å². The van der Waals surface area contributed by atoms with E-state index in [-0.39, 0.29) is 5.91 Å². The first-order valence-corrected chi connectivity index (χ1v) is 10.6. The first-order chi connectivity index (χ1) is 15.5. The van der Waals surface area contributed by atoms with Gasteiger partial charge in [0.2, 0.25) is 5.91 Å².